The van der Waals surface area contributed by atoms with Gasteiger partial charge in [-0.05, 0) is 19.4 Å². The monoisotopic (exact) mass is 295 g/mol. The predicted octanol–water partition coefficient (Wildman–Crippen LogP) is 1.00. The van der Waals surface area contributed by atoms with Gasteiger partial charge in [-0.2, -0.15) is 0 Å². The summed E-state index contributed by atoms with van der Waals surface area (Å²) in [5.74, 6) is 1.47. The highest BCUT2D eigenvalue weighted by Gasteiger charge is 2.17. The predicted molar refractivity (Wildman–Crippen MR) is 91.9 cm³/mol. The molecule has 1 saturated heterocycles. The lowest BCUT2D eigenvalue weighted by molar-refractivity contribution is 0.125. The van der Waals surface area contributed by atoms with Gasteiger partial charge in [0.1, 0.15) is 0 Å². The molecule has 0 aromatic heterocycles. The smallest absolute Gasteiger partial charge is 0.191 e. The lowest BCUT2D eigenvalue weighted by Crippen LogP contribution is -2.47. The molecule has 1 heterocycles. The van der Waals surface area contributed by atoms with E-state index in [-0.39, 0.29) is 0 Å². The van der Waals surface area contributed by atoms with E-state index in [9.17, 15) is 0 Å². The van der Waals surface area contributed by atoms with Gasteiger partial charge in [0.25, 0.3) is 0 Å². The number of hydrogen-bond acceptors (Lipinski definition) is 3. The van der Waals surface area contributed by atoms with E-state index in [1.54, 1.807) is 0 Å². The van der Waals surface area contributed by atoms with Crippen LogP contribution in [0.4, 0.5) is 0 Å². The molecule has 1 aliphatic rings. The topological polar surface area (TPSA) is 42.9 Å². The number of rotatable bonds is 8. The van der Waals surface area contributed by atoms with Gasteiger partial charge in [-0.1, -0.05) is 19.9 Å². The zero-order valence-electron chi connectivity index (χ0n) is 14.1. The highest BCUT2D eigenvalue weighted by atomic mass is 15.3. The third-order valence-electron chi connectivity index (χ3n) is 3.80. The average Bonchev–Trinajstić information content (AvgIpc) is 2.51. The van der Waals surface area contributed by atoms with Crippen molar-refractivity contribution in [1.29, 1.82) is 0 Å². The van der Waals surface area contributed by atoms with Crippen LogP contribution < -0.4 is 10.6 Å². The maximum absolute atomic E-state index is 4.66. The van der Waals surface area contributed by atoms with Crippen LogP contribution in [0, 0.1) is 5.92 Å². The molecular weight excluding hydrogens is 262 g/mol. The SMILES string of the molecule is C=CCNC(=NCC(C)CN1CCN(CC)CC1)NCC. The molecule has 1 atom stereocenters. The summed E-state index contributed by atoms with van der Waals surface area (Å²) in [4.78, 5) is 9.74. The minimum atomic E-state index is 0.581. The molecular formula is C16H33N5. The molecule has 0 aromatic rings. The number of nitrogens with one attached hydrogen (secondary N) is 2. The Balaban J connectivity index is 2.30. The molecule has 0 radical (unpaired) electrons. The van der Waals surface area contributed by atoms with Gasteiger partial charge in [-0.3, -0.25) is 4.99 Å². The first-order chi connectivity index (χ1) is 10.2. The van der Waals surface area contributed by atoms with Crippen LogP contribution in [0.3, 0.4) is 0 Å². The standard InChI is InChI=1S/C16H33N5/c1-5-8-18-16(17-6-2)19-13-15(4)14-21-11-9-20(7-3)10-12-21/h5,15H,1,6-14H2,2-4H3,(H2,17,18,19). The molecule has 0 bridgehead atoms. The number of aliphatic imine (C=N–C) groups is 1. The van der Waals surface area contributed by atoms with Gasteiger partial charge in [0.15, 0.2) is 5.96 Å². The maximum atomic E-state index is 4.66. The first kappa shape index (κ1) is 18.0. The van der Waals surface area contributed by atoms with Crippen molar-refractivity contribution in [2.45, 2.75) is 20.8 Å². The van der Waals surface area contributed by atoms with Gasteiger partial charge in [0.05, 0.1) is 0 Å². The summed E-state index contributed by atoms with van der Waals surface area (Å²) in [7, 11) is 0. The second kappa shape index (κ2) is 10.6. The van der Waals surface area contributed by atoms with E-state index in [0.29, 0.717) is 5.92 Å². The molecule has 0 amide bonds. The zero-order chi connectivity index (χ0) is 15.5. The molecule has 1 unspecified atom stereocenters. The van der Waals surface area contributed by atoms with Crippen LogP contribution in [0.25, 0.3) is 0 Å². The number of nitrogens with zero attached hydrogens (tertiary/aromatic N) is 3. The lowest BCUT2D eigenvalue weighted by atomic mass is 10.1. The van der Waals surface area contributed by atoms with Gasteiger partial charge in [0.2, 0.25) is 0 Å². The molecule has 21 heavy (non-hydrogen) atoms. The second-order valence-electron chi connectivity index (χ2n) is 5.73. The van der Waals surface area contributed by atoms with E-state index < -0.39 is 0 Å². The van der Waals surface area contributed by atoms with E-state index in [4.69, 9.17) is 0 Å². The van der Waals surface area contributed by atoms with Gasteiger partial charge in [-0.15, -0.1) is 6.58 Å². The van der Waals surface area contributed by atoms with Crippen molar-refractivity contribution in [3.05, 3.63) is 12.7 Å². The van der Waals surface area contributed by atoms with Crippen LogP contribution >= 0.6 is 0 Å². The molecule has 5 nitrogen and oxygen atoms in total. The summed E-state index contributed by atoms with van der Waals surface area (Å²) in [5, 5.41) is 6.50. The van der Waals surface area contributed by atoms with Crippen LogP contribution in [-0.2, 0) is 0 Å². The largest absolute Gasteiger partial charge is 0.357 e. The number of likely N-dealkylation sites (N-methyl/N-ethyl adjacent to an activating group) is 1. The van der Waals surface area contributed by atoms with E-state index in [0.717, 1.165) is 32.1 Å². The highest BCUT2D eigenvalue weighted by Crippen LogP contribution is 2.05. The molecule has 1 fully saturated rings. The zero-order valence-corrected chi connectivity index (χ0v) is 14.1. The maximum Gasteiger partial charge on any atom is 0.191 e. The van der Waals surface area contributed by atoms with Crippen LogP contribution in [0.15, 0.2) is 17.6 Å². The van der Waals surface area contributed by atoms with Gasteiger partial charge in [-0.25, -0.2) is 0 Å². The Labute approximate surface area is 130 Å². The summed E-state index contributed by atoms with van der Waals surface area (Å²) >= 11 is 0. The minimum Gasteiger partial charge on any atom is -0.357 e. The Bertz CT molecular complexity index is 308. The van der Waals surface area contributed by atoms with Gasteiger partial charge < -0.3 is 20.4 Å². The fourth-order valence-electron chi connectivity index (χ4n) is 2.54. The molecule has 122 valence electrons. The minimum absolute atomic E-state index is 0.581. The van der Waals surface area contributed by atoms with Crippen molar-refractivity contribution in [2.75, 3.05) is 58.9 Å². The fourth-order valence-corrected chi connectivity index (χ4v) is 2.54. The van der Waals surface area contributed by atoms with E-state index in [1.807, 2.05) is 6.08 Å². The van der Waals surface area contributed by atoms with E-state index in [1.165, 1.54) is 32.7 Å². The van der Waals surface area contributed by atoms with Crippen molar-refractivity contribution in [2.24, 2.45) is 10.9 Å². The van der Waals surface area contributed by atoms with E-state index >= 15 is 0 Å². The highest BCUT2D eigenvalue weighted by molar-refractivity contribution is 5.79. The second-order valence-corrected chi connectivity index (χ2v) is 5.73. The van der Waals surface area contributed by atoms with Crippen LogP contribution in [0.1, 0.15) is 20.8 Å². The van der Waals surface area contributed by atoms with Gasteiger partial charge in [0, 0.05) is 52.4 Å². The number of hydrogen-bond donors (Lipinski definition) is 2. The Hall–Kier alpha value is -1.07. The first-order valence-corrected chi connectivity index (χ1v) is 8.27. The molecule has 1 aliphatic heterocycles. The average molecular weight is 295 g/mol. The van der Waals surface area contributed by atoms with Crippen molar-refractivity contribution in [3.8, 4) is 0 Å². The molecule has 5 heteroatoms. The van der Waals surface area contributed by atoms with Crippen molar-refractivity contribution in [1.82, 2.24) is 20.4 Å². The summed E-state index contributed by atoms with van der Waals surface area (Å²) in [5.41, 5.74) is 0. The molecule has 0 aliphatic carbocycles. The summed E-state index contributed by atoms with van der Waals surface area (Å²) in [6, 6.07) is 0. The van der Waals surface area contributed by atoms with Crippen LogP contribution in [0.5, 0.6) is 0 Å². The van der Waals surface area contributed by atoms with E-state index in [2.05, 4.69) is 52.8 Å². The van der Waals surface area contributed by atoms with Gasteiger partial charge >= 0.3 is 0 Å². The molecule has 2 N–H and O–H groups in total. The van der Waals surface area contributed by atoms with Crippen molar-refractivity contribution >= 4 is 5.96 Å². The summed E-state index contributed by atoms with van der Waals surface area (Å²) < 4.78 is 0. The van der Waals surface area contributed by atoms with Crippen LogP contribution in [0.2, 0.25) is 0 Å². The third kappa shape index (κ3) is 7.48. The summed E-state index contributed by atoms with van der Waals surface area (Å²) in [6.07, 6.45) is 1.85. The van der Waals surface area contributed by atoms with Crippen molar-refractivity contribution < 1.29 is 0 Å². The number of piperazine rings is 1. The summed E-state index contributed by atoms with van der Waals surface area (Å²) in [6.45, 7) is 19.9. The Morgan fingerprint density at radius 1 is 1.19 bits per heavy atom. The lowest BCUT2D eigenvalue weighted by Gasteiger charge is -2.35. The Morgan fingerprint density at radius 2 is 1.86 bits per heavy atom. The third-order valence-corrected chi connectivity index (χ3v) is 3.80. The first-order valence-electron chi connectivity index (χ1n) is 8.27. The van der Waals surface area contributed by atoms with Crippen LogP contribution in [-0.4, -0.2) is 74.7 Å². The van der Waals surface area contributed by atoms with Crippen molar-refractivity contribution in [3.63, 3.8) is 0 Å². The Kier molecular flexibility index (Phi) is 9.10. The fraction of sp³-hybridized carbons (Fsp3) is 0.812. The normalized spacial score (nSPS) is 19.3. The quantitative estimate of drug-likeness (QED) is 0.398. The molecule has 0 saturated carbocycles. The molecule has 1 rings (SSSR count). The Morgan fingerprint density at radius 3 is 2.43 bits per heavy atom. The molecule has 0 spiro atoms. The molecule has 0 aromatic carbocycles. The number of guanidine groups is 1.